The molecular weight excluding hydrogens is 327 g/mol. The summed E-state index contributed by atoms with van der Waals surface area (Å²) in [4.78, 5) is 15.8. The zero-order valence-corrected chi connectivity index (χ0v) is 12.1. The van der Waals surface area contributed by atoms with Gasteiger partial charge in [-0.15, -0.1) is 0 Å². The van der Waals surface area contributed by atoms with E-state index in [-0.39, 0.29) is 16.9 Å². The average Bonchev–Trinajstić information content (AvgIpc) is 2.79. The number of fused-ring (bicyclic) bond motifs is 1. The number of alkyl halides is 3. The lowest BCUT2D eigenvalue weighted by Gasteiger charge is -2.12. The van der Waals surface area contributed by atoms with E-state index in [0.29, 0.717) is 17.6 Å². The first-order valence-corrected chi connectivity index (χ1v) is 7.35. The molecule has 0 aromatic heterocycles. The van der Waals surface area contributed by atoms with Gasteiger partial charge in [0.25, 0.3) is 4.92 Å². The van der Waals surface area contributed by atoms with Gasteiger partial charge >= 0.3 is 21.3 Å². The molecule has 0 saturated carbocycles. The van der Waals surface area contributed by atoms with Gasteiger partial charge in [-0.2, -0.15) is 21.6 Å². The molecule has 0 amide bonds. The molecule has 2 rings (SSSR count). The molecule has 1 aliphatic carbocycles. The zero-order valence-electron chi connectivity index (χ0n) is 11.3. The molecular formula is C12H11F3NO5S+. The van der Waals surface area contributed by atoms with E-state index in [9.17, 15) is 26.5 Å². The summed E-state index contributed by atoms with van der Waals surface area (Å²) in [5.74, 6) is -0.690. The van der Waals surface area contributed by atoms with Crippen molar-refractivity contribution < 1.29 is 35.5 Å². The van der Waals surface area contributed by atoms with Crippen molar-refractivity contribution in [2.24, 2.45) is 0 Å². The molecule has 0 heterocycles. The monoisotopic (exact) mass is 338 g/mol. The van der Waals surface area contributed by atoms with E-state index in [2.05, 4.69) is 15.6 Å². The van der Waals surface area contributed by atoms with Crippen LogP contribution >= 0.6 is 0 Å². The molecule has 1 aromatic rings. The third-order valence-corrected chi connectivity index (χ3v) is 4.09. The van der Waals surface area contributed by atoms with Crippen molar-refractivity contribution in [2.75, 3.05) is 7.11 Å². The molecule has 0 saturated heterocycles. The predicted molar refractivity (Wildman–Crippen MR) is 69.7 cm³/mol. The van der Waals surface area contributed by atoms with Crippen LogP contribution in [0.1, 0.15) is 17.5 Å². The minimum atomic E-state index is -5.90. The Morgan fingerprint density at radius 1 is 1.27 bits per heavy atom. The summed E-state index contributed by atoms with van der Waals surface area (Å²) in [6.07, 6.45) is 0.634. The molecule has 0 fully saturated rings. The molecule has 120 valence electrons. The number of hydrogen-bond acceptors (Lipinski definition) is 5. The first kappa shape index (κ1) is 16.3. The quantitative estimate of drug-likeness (QED) is 0.479. The van der Waals surface area contributed by atoms with Gasteiger partial charge in [0, 0.05) is 11.6 Å². The van der Waals surface area contributed by atoms with Crippen LogP contribution in [0.5, 0.6) is 5.75 Å². The Morgan fingerprint density at radius 3 is 2.45 bits per heavy atom. The highest BCUT2D eigenvalue weighted by Crippen LogP contribution is 2.44. The fraction of sp³-hybridized carbons (Fsp3) is 0.333. The molecule has 0 radical (unpaired) electrons. The van der Waals surface area contributed by atoms with Crippen LogP contribution < -0.4 is 4.18 Å². The summed E-state index contributed by atoms with van der Waals surface area (Å²) >= 11 is 0. The first-order chi connectivity index (χ1) is 10.1. The number of allylic oxidation sites excluding steroid dienone is 1. The molecule has 0 unspecified atom stereocenters. The maximum atomic E-state index is 12.5. The van der Waals surface area contributed by atoms with Gasteiger partial charge < -0.3 is 4.18 Å². The minimum absolute atomic E-state index is 0.122. The molecule has 0 bridgehead atoms. The molecule has 1 aromatic carbocycles. The van der Waals surface area contributed by atoms with Gasteiger partial charge in [-0.25, -0.2) is 4.84 Å². The second kappa shape index (κ2) is 5.27. The van der Waals surface area contributed by atoms with Crippen LogP contribution in [0.25, 0.3) is 5.57 Å². The van der Waals surface area contributed by atoms with Crippen molar-refractivity contribution in [3.05, 3.63) is 34.7 Å². The van der Waals surface area contributed by atoms with Gasteiger partial charge in [0.05, 0.1) is 4.91 Å². The van der Waals surface area contributed by atoms with Gasteiger partial charge in [-0.1, -0.05) is 6.58 Å². The smallest absolute Gasteiger partial charge is 0.368 e. The molecule has 6 nitrogen and oxygen atoms in total. The maximum absolute atomic E-state index is 12.5. The van der Waals surface area contributed by atoms with Crippen LogP contribution in [0.2, 0.25) is 0 Å². The summed E-state index contributed by atoms with van der Waals surface area (Å²) in [5.41, 5.74) is -4.83. The second-order valence-electron chi connectivity index (χ2n) is 4.47. The van der Waals surface area contributed by atoms with Gasteiger partial charge in [-0.05, 0) is 30.0 Å². The van der Waals surface area contributed by atoms with E-state index in [4.69, 9.17) is 0 Å². The average molecular weight is 338 g/mol. The summed E-state index contributed by atoms with van der Waals surface area (Å²) in [6.45, 7) is 3.73. The molecule has 0 N–H and O–H groups in total. The number of nitrogens with zero attached hydrogens (tertiary/aromatic N) is 1. The van der Waals surface area contributed by atoms with Crippen molar-refractivity contribution in [3.8, 4) is 5.75 Å². The summed E-state index contributed by atoms with van der Waals surface area (Å²) in [5, 5.41) is 0. The van der Waals surface area contributed by atoms with Gasteiger partial charge in [0.15, 0.2) is 7.11 Å². The van der Waals surface area contributed by atoms with E-state index in [0.717, 1.165) is 13.2 Å². The molecule has 0 atom stereocenters. The number of rotatable bonds is 4. The zero-order chi connectivity index (χ0) is 16.7. The number of halogens is 3. The third kappa shape index (κ3) is 2.65. The highest BCUT2D eigenvalue weighted by atomic mass is 32.2. The lowest BCUT2D eigenvalue weighted by molar-refractivity contribution is -0.736. The Balaban J connectivity index is 2.63. The van der Waals surface area contributed by atoms with Crippen molar-refractivity contribution in [1.82, 2.24) is 0 Å². The minimum Gasteiger partial charge on any atom is -0.368 e. The Kier molecular flexibility index (Phi) is 3.90. The number of benzene rings is 1. The molecule has 0 spiro atoms. The predicted octanol–water partition coefficient (Wildman–Crippen LogP) is 2.85. The fourth-order valence-corrected chi connectivity index (χ4v) is 2.60. The second-order valence-corrected chi connectivity index (χ2v) is 6.00. The normalized spacial score (nSPS) is 14.6. The van der Waals surface area contributed by atoms with Crippen molar-refractivity contribution in [2.45, 2.75) is 18.3 Å². The van der Waals surface area contributed by atoms with Gasteiger partial charge in [-0.3, -0.25) is 0 Å². The van der Waals surface area contributed by atoms with Crippen LogP contribution in [0.4, 0.5) is 18.9 Å². The van der Waals surface area contributed by atoms with Crippen molar-refractivity contribution >= 4 is 21.4 Å². The molecule has 1 aliphatic rings. The van der Waals surface area contributed by atoms with E-state index >= 15 is 0 Å². The fourth-order valence-electron chi connectivity index (χ4n) is 2.10. The maximum Gasteiger partial charge on any atom is 0.534 e. The Bertz CT molecular complexity index is 755. The SMILES string of the molecule is C=C1CCc2c1ccc([N+](=O)OC)c2OS(=O)(=O)C(F)(F)F. The van der Waals surface area contributed by atoms with Crippen LogP contribution in [0.3, 0.4) is 0 Å². The lowest BCUT2D eigenvalue weighted by Crippen LogP contribution is -2.28. The summed E-state index contributed by atoms with van der Waals surface area (Å²) in [7, 11) is -4.92. The first-order valence-electron chi connectivity index (χ1n) is 5.94. The van der Waals surface area contributed by atoms with Crippen LogP contribution in [-0.2, 0) is 21.4 Å². The summed E-state index contributed by atoms with van der Waals surface area (Å²) < 4.78 is 64.2. The van der Waals surface area contributed by atoms with E-state index in [1.807, 2.05) is 0 Å². The Morgan fingerprint density at radius 2 is 1.91 bits per heavy atom. The topological polar surface area (TPSA) is 72.7 Å². The van der Waals surface area contributed by atoms with Gasteiger partial charge in [0.2, 0.25) is 5.75 Å². The highest BCUT2D eigenvalue weighted by molar-refractivity contribution is 7.88. The molecule has 0 aliphatic heterocycles. The highest BCUT2D eigenvalue weighted by Gasteiger charge is 2.50. The molecule has 22 heavy (non-hydrogen) atoms. The van der Waals surface area contributed by atoms with Crippen LogP contribution in [0.15, 0.2) is 18.7 Å². The third-order valence-electron chi connectivity index (χ3n) is 3.14. The van der Waals surface area contributed by atoms with Gasteiger partial charge in [0.1, 0.15) is 0 Å². The van der Waals surface area contributed by atoms with E-state index in [1.54, 1.807) is 0 Å². The standard InChI is InChI=1S/C12H11F3NO5S/c1-7-3-4-9-8(7)5-6-10(16(17)20-2)11(9)21-22(18,19)12(13,14)15/h5-6H,1,3-4H2,2H3/q+1. The van der Waals surface area contributed by atoms with Crippen molar-refractivity contribution in [1.29, 1.82) is 0 Å². The number of hydrogen-bond donors (Lipinski definition) is 0. The molecule has 10 heteroatoms. The van der Waals surface area contributed by atoms with E-state index in [1.165, 1.54) is 6.07 Å². The van der Waals surface area contributed by atoms with Crippen LogP contribution in [0, 0.1) is 4.91 Å². The largest absolute Gasteiger partial charge is 0.534 e. The Hall–Kier alpha value is -2.10. The van der Waals surface area contributed by atoms with E-state index < -0.39 is 27.1 Å². The lowest BCUT2D eigenvalue weighted by atomic mass is 10.1. The Labute approximate surface area is 123 Å². The van der Waals surface area contributed by atoms with Crippen LogP contribution in [-0.4, -0.2) is 26.0 Å². The summed E-state index contributed by atoms with van der Waals surface area (Å²) in [6, 6.07) is 2.57. The van der Waals surface area contributed by atoms with Crippen molar-refractivity contribution in [3.63, 3.8) is 0 Å².